The van der Waals surface area contributed by atoms with Crippen LogP contribution in [-0.4, -0.2) is 30.8 Å². The van der Waals surface area contributed by atoms with E-state index in [0.717, 1.165) is 32.2 Å². The summed E-state index contributed by atoms with van der Waals surface area (Å²) in [4.78, 5) is 11.3. The van der Waals surface area contributed by atoms with E-state index in [-0.39, 0.29) is 18.1 Å². The van der Waals surface area contributed by atoms with Gasteiger partial charge in [-0.1, -0.05) is 33.6 Å². The summed E-state index contributed by atoms with van der Waals surface area (Å²) >= 11 is 0. The Hall–Kier alpha value is -0.770. The van der Waals surface area contributed by atoms with Crippen molar-refractivity contribution in [2.24, 2.45) is 5.41 Å². The van der Waals surface area contributed by atoms with Gasteiger partial charge in [0.15, 0.2) is 0 Å². The van der Waals surface area contributed by atoms with Gasteiger partial charge in [0.05, 0.1) is 0 Å². The normalized spacial score (nSPS) is 11.3. The topological polar surface area (TPSA) is 61.4 Å². The smallest absolute Gasteiger partial charge is 0.314 e. The van der Waals surface area contributed by atoms with Gasteiger partial charge >= 0.3 is 6.03 Å². The Morgan fingerprint density at radius 3 is 2.24 bits per heavy atom. The summed E-state index contributed by atoms with van der Waals surface area (Å²) in [6.07, 6.45) is 5.18. The number of amides is 2. The molecule has 4 heteroatoms. The van der Waals surface area contributed by atoms with Crippen LogP contribution < -0.4 is 10.6 Å². The molecule has 0 bridgehead atoms. The van der Waals surface area contributed by atoms with Crippen molar-refractivity contribution >= 4 is 6.03 Å². The fourth-order valence-electron chi connectivity index (χ4n) is 1.49. The molecule has 3 N–H and O–H groups in total. The van der Waals surface area contributed by atoms with E-state index in [1.807, 2.05) is 13.8 Å². The maximum absolute atomic E-state index is 11.3. The number of aliphatic hydroxyl groups is 1. The number of hydrogen-bond acceptors (Lipinski definition) is 2. The number of hydrogen-bond donors (Lipinski definition) is 3. The number of aliphatic hydroxyl groups excluding tert-OH is 1. The lowest BCUT2D eigenvalue weighted by molar-refractivity contribution is 0.148. The summed E-state index contributed by atoms with van der Waals surface area (Å²) in [6.45, 7) is 7.81. The van der Waals surface area contributed by atoms with Crippen molar-refractivity contribution in [3.05, 3.63) is 0 Å². The van der Waals surface area contributed by atoms with Gasteiger partial charge in [-0.15, -0.1) is 0 Å². The van der Waals surface area contributed by atoms with Gasteiger partial charge in [-0.3, -0.25) is 0 Å². The van der Waals surface area contributed by atoms with Gasteiger partial charge in [0, 0.05) is 19.7 Å². The minimum Gasteiger partial charge on any atom is -0.396 e. The van der Waals surface area contributed by atoms with E-state index < -0.39 is 0 Å². The quantitative estimate of drug-likeness (QED) is 0.545. The highest BCUT2D eigenvalue weighted by molar-refractivity contribution is 5.73. The van der Waals surface area contributed by atoms with Crippen LogP contribution in [0.4, 0.5) is 4.79 Å². The third kappa shape index (κ3) is 10.1. The van der Waals surface area contributed by atoms with Crippen molar-refractivity contribution in [1.82, 2.24) is 10.6 Å². The first-order valence-electron chi connectivity index (χ1n) is 6.64. The van der Waals surface area contributed by atoms with E-state index in [1.165, 1.54) is 6.42 Å². The minimum atomic E-state index is -0.0806. The maximum Gasteiger partial charge on any atom is 0.314 e. The molecular formula is C13H28N2O2. The van der Waals surface area contributed by atoms with E-state index in [0.29, 0.717) is 6.54 Å². The van der Waals surface area contributed by atoms with Gasteiger partial charge in [-0.05, 0) is 24.7 Å². The number of rotatable bonds is 9. The van der Waals surface area contributed by atoms with Crippen LogP contribution in [0.2, 0.25) is 0 Å². The second-order valence-corrected chi connectivity index (χ2v) is 5.32. The van der Waals surface area contributed by atoms with Crippen molar-refractivity contribution in [3.63, 3.8) is 0 Å². The third-order valence-corrected chi connectivity index (χ3v) is 2.81. The zero-order valence-electron chi connectivity index (χ0n) is 11.5. The van der Waals surface area contributed by atoms with E-state index in [1.54, 1.807) is 0 Å². The van der Waals surface area contributed by atoms with Crippen LogP contribution >= 0.6 is 0 Å². The predicted octanol–water partition coefficient (Wildman–Crippen LogP) is 2.27. The average molecular weight is 244 g/mol. The summed E-state index contributed by atoms with van der Waals surface area (Å²) in [5.74, 6) is 0. The fourth-order valence-corrected chi connectivity index (χ4v) is 1.49. The number of carbonyl (C=O) groups is 1. The molecule has 2 amide bonds. The van der Waals surface area contributed by atoms with E-state index >= 15 is 0 Å². The first-order chi connectivity index (χ1) is 8.02. The van der Waals surface area contributed by atoms with Crippen LogP contribution in [0.5, 0.6) is 0 Å². The van der Waals surface area contributed by atoms with Crippen molar-refractivity contribution in [2.45, 2.75) is 52.9 Å². The minimum absolute atomic E-state index is 0.0424. The highest BCUT2D eigenvalue weighted by Crippen LogP contribution is 2.20. The zero-order valence-corrected chi connectivity index (χ0v) is 11.5. The molecule has 0 radical (unpaired) electrons. The second kappa shape index (κ2) is 9.28. The van der Waals surface area contributed by atoms with E-state index in [4.69, 9.17) is 5.11 Å². The molecule has 4 nitrogen and oxygen atoms in total. The molecule has 0 saturated heterocycles. The van der Waals surface area contributed by atoms with E-state index in [9.17, 15) is 4.79 Å². The number of urea groups is 1. The van der Waals surface area contributed by atoms with Crippen LogP contribution in [0.25, 0.3) is 0 Å². The lowest BCUT2D eigenvalue weighted by Crippen LogP contribution is -2.36. The first kappa shape index (κ1) is 16.2. The van der Waals surface area contributed by atoms with Gasteiger partial charge < -0.3 is 15.7 Å². The standard InChI is InChI=1S/C13H28N2O2/c1-4-5-6-9-14-12(17)15-10-7-8-13(2,3)11-16/h16H,4-11H2,1-3H3,(H2,14,15,17). The van der Waals surface area contributed by atoms with Crippen LogP contribution in [0.3, 0.4) is 0 Å². The Morgan fingerprint density at radius 1 is 1.12 bits per heavy atom. The first-order valence-corrected chi connectivity index (χ1v) is 6.64. The summed E-state index contributed by atoms with van der Waals surface area (Å²) in [5, 5.41) is 14.7. The molecule has 102 valence electrons. The predicted molar refractivity (Wildman–Crippen MR) is 71.0 cm³/mol. The average Bonchev–Trinajstić information content (AvgIpc) is 2.30. The van der Waals surface area contributed by atoms with E-state index in [2.05, 4.69) is 17.6 Å². The van der Waals surface area contributed by atoms with Gasteiger partial charge in [0.2, 0.25) is 0 Å². The Kier molecular flexibility index (Phi) is 8.86. The molecule has 0 atom stereocenters. The Bertz CT molecular complexity index is 206. The Morgan fingerprint density at radius 2 is 1.71 bits per heavy atom. The SMILES string of the molecule is CCCCCNC(=O)NCCCC(C)(C)CO. The zero-order chi connectivity index (χ0) is 13.1. The molecule has 0 saturated carbocycles. The molecule has 0 aromatic carbocycles. The van der Waals surface area contributed by atoms with Gasteiger partial charge in [-0.2, -0.15) is 0 Å². The van der Waals surface area contributed by atoms with Gasteiger partial charge in [0.1, 0.15) is 0 Å². The monoisotopic (exact) mass is 244 g/mol. The van der Waals surface area contributed by atoms with Crippen LogP contribution in [0, 0.1) is 5.41 Å². The highest BCUT2D eigenvalue weighted by atomic mass is 16.3. The van der Waals surface area contributed by atoms with Gasteiger partial charge in [-0.25, -0.2) is 4.79 Å². The van der Waals surface area contributed by atoms with Crippen molar-refractivity contribution < 1.29 is 9.90 Å². The lowest BCUT2D eigenvalue weighted by Gasteiger charge is -2.21. The van der Waals surface area contributed by atoms with Crippen LogP contribution in [-0.2, 0) is 0 Å². The van der Waals surface area contributed by atoms with Crippen LogP contribution in [0.1, 0.15) is 52.9 Å². The molecule has 17 heavy (non-hydrogen) atoms. The number of nitrogens with one attached hydrogen (secondary N) is 2. The highest BCUT2D eigenvalue weighted by Gasteiger charge is 2.15. The van der Waals surface area contributed by atoms with Gasteiger partial charge in [0.25, 0.3) is 0 Å². The molecule has 0 heterocycles. The molecule has 0 fully saturated rings. The molecule has 0 aliphatic heterocycles. The van der Waals surface area contributed by atoms with Crippen LogP contribution in [0.15, 0.2) is 0 Å². The molecule has 0 aromatic rings. The molecule has 0 rings (SSSR count). The lowest BCUT2D eigenvalue weighted by atomic mass is 9.89. The maximum atomic E-state index is 11.3. The summed E-state index contributed by atoms with van der Waals surface area (Å²) in [6, 6.07) is -0.0806. The Labute approximate surface area is 105 Å². The third-order valence-electron chi connectivity index (χ3n) is 2.81. The number of carbonyl (C=O) groups excluding carboxylic acids is 1. The molecule has 0 aromatic heterocycles. The molecule has 0 aliphatic carbocycles. The Balaban J connectivity index is 3.39. The van der Waals surface area contributed by atoms with Crippen molar-refractivity contribution in [1.29, 1.82) is 0 Å². The van der Waals surface area contributed by atoms with Crippen molar-refractivity contribution in [3.8, 4) is 0 Å². The summed E-state index contributed by atoms with van der Waals surface area (Å²) < 4.78 is 0. The molecule has 0 unspecified atom stereocenters. The number of unbranched alkanes of at least 4 members (excludes halogenated alkanes) is 2. The summed E-state index contributed by atoms with van der Waals surface area (Å²) in [7, 11) is 0. The molecule has 0 aliphatic rings. The largest absolute Gasteiger partial charge is 0.396 e. The summed E-state index contributed by atoms with van der Waals surface area (Å²) in [5.41, 5.74) is -0.0424. The molecule has 0 spiro atoms. The second-order valence-electron chi connectivity index (χ2n) is 5.32. The van der Waals surface area contributed by atoms with Crippen molar-refractivity contribution in [2.75, 3.05) is 19.7 Å². The molecular weight excluding hydrogens is 216 g/mol. The fraction of sp³-hybridized carbons (Fsp3) is 0.923.